The molecule has 0 N–H and O–H groups in total. The number of rotatable bonds is 4. The van der Waals surface area contributed by atoms with E-state index in [9.17, 15) is 8.78 Å². The third-order valence-electron chi connectivity index (χ3n) is 6.45. The first kappa shape index (κ1) is 20.3. The van der Waals surface area contributed by atoms with Crippen LogP contribution in [0.15, 0.2) is 36.1 Å². The van der Waals surface area contributed by atoms with E-state index in [0.29, 0.717) is 18.8 Å². The summed E-state index contributed by atoms with van der Waals surface area (Å²) in [6.45, 7) is 4.31. The highest BCUT2D eigenvalue weighted by Gasteiger charge is 2.45. The largest absolute Gasteiger partial charge is 0.433 e. The van der Waals surface area contributed by atoms with Gasteiger partial charge in [0.1, 0.15) is 5.76 Å². The van der Waals surface area contributed by atoms with Crippen molar-refractivity contribution < 1.29 is 13.5 Å². The lowest BCUT2D eigenvalue weighted by atomic mass is 9.69. The van der Waals surface area contributed by atoms with E-state index in [2.05, 4.69) is 29.5 Å². The van der Waals surface area contributed by atoms with Crippen molar-refractivity contribution in [2.24, 2.45) is 23.7 Å². The van der Waals surface area contributed by atoms with E-state index in [1.807, 2.05) is 19.1 Å². The highest BCUT2D eigenvalue weighted by molar-refractivity contribution is 14.1. The molecule has 3 rings (SSSR count). The van der Waals surface area contributed by atoms with Crippen LogP contribution in [0.5, 0.6) is 0 Å². The van der Waals surface area contributed by atoms with Crippen molar-refractivity contribution >= 4 is 22.6 Å². The summed E-state index contributed by atoms with van der Waals surface area (Å²) in [5.74, 6) is 1.88. The van der Waals surface area contributed by atoms with Gasteiger partial charge in [-0.25, -0.2) is 0 Å². The van der Waals surface area contributed by atoms with Crippen molar-refractivity contribution in [2.75, 3.05) is 0 Å². The average Bonchev–Trinajstić information content (AvgIpc) is 2.75. The van der Waals surface area contributed by atoms with Gasteiger partial charge in [-0.1, -0.05) is 60.6 Å². The molecule has 2 fully saturated rings. The van der Waals surface area contributed by atoms with Crippen LogP contribution in [-0.4, -0.2) is 9.53 Å². The highest BCUT2D eigenvalue weighted by atomic mass is 127. The Balaban J connectivity index is 1.55. The van der Waals surface area contributed by atoms with E-state index in [1.165, 1.54) is 25.7 Å². The van der Waals surface area contributed by atoms with Crippen LogP contribution < -0.4 is 0 Å². The predicted octanol–water partition coefficient (Wildman–Crippen LogP) is 7.43. The maximum Gasteiger partial charge on any atom is 0.400 e. The predicted molar refractivity (Wildman–Crippen MR) is 111 cm³/mol. The number of hydrogen-bond acceptors (Lipinski definition) is 1. The summed E-state index contributed by atoms with van der Waals surface area (Å²) in [6.07, 6.45) is 14.2. The second-order valence-electron chi connectivity index (χ2n) is 8.71. The van der Waals surface area contributed by atoms with Gasteiger partial charge in [0.25, 0.3) is 0 Å². The molecule has 3 aliphatic rings. The van der Waals surface area contributed by atoms with E-state index < -0.39 is 12.0 Å². The lowest BCUT2D eigenvalue weighted by molar-refractivity contribution is -0.254. The molecular weight excluding hydrogens is 445 g/mol. The van der Waals surface area contributed by atoms with E-state index in [1.54, 1.807) is 18.2 Å². The quantitative estimate of drug-likeness (QED) is 0.303. The third-order valence-corrected chi connectivity index (χ3v) is 7.12. The van der Waals surface area contributed by atoms with Gasteiger partial charge in [-0.2, -0.15) is 8.78 Å². The number of alkyl halides is 3. The average molecular weight is 476 g/mol. The first-order valence-corrected chi connectivity index (χ1v) is 11.2. The van der Waals surface area contributed by atoms with Crippen molar-refractivity contribution in [3.05, 3.63) is 36.1 Å². The summed E-state index contributed by atoms with van der Waals surface area (Å²) in [5, 5.41) is 0. The highest BCUT2D eigenvalue weighted by Crippen LogP contribution is 2.46. The first-order valence-electron chi connectivity index (χ1n) is 10.1. The summed E-state index contributed by atoms with van der Waals surface area (Å²) >= 11 is 2.24. The van der Waals surface area contributed by atoms with Crippen molar-refractivity contribution in [3.8, 4) is 0 Å². The number of hydrogen-bond donors (Lipinski definition) is 0. The molecule has 3 aliphatic carbocycles. The molecule has 0 aromatic carbocycles. The minimum atomic E-state index is -3.08. The van der Waals surface area contributed by atoms with Gasteiger partial charge >= 0.3 is 6.11 Å². The van der Waals surface area contributed by atoms with Gasteiger partial charge in [-0.05, 0) is 75.4 Å². The molecule has 146 valence electrons. The molecule has 0 radical (unpaired) electrons. The lowest BCUT2D eigenvalue weighted by Crippen LogP contribution is -2.36. The minimum absolute atomic E-state index is 0.278. The van der Waals surface area contributed by atoms with Crippen LogP contribution in [-0.2, 0) is 4.74 Å². The molecule has 1 atom stereocenters. The lowest BCUT2D eigenvalue weighted by Gasteiger charge is -2.39. The van der Waals surface area contributed by atoms with E-state index in [-0.39, 0.29) is 9.18 Å². The molecule has 1 nitrogen and oxygen atoms in total. The second kappa shape index (κ2) is 8.32. The van der Waals surface area contributed by atoms with Crippen LogP contribution in [0.1, 0.15) is 65.2 Å². The first-order chi connectivity index (χ1) is 12.3. The van der Waals surface area contributed by atoms with Crippen molar-refractivity contribution in [3.63, 3.8) is 0 Å². The van der Waals surface area contributed by atoms with Crippen LogP contribution in [0, 0.1) is 23.7 Å². The Labute approximate surface area is 170 Å². The van der Waals surface area contributed by atoms with Crippen LogP contribution in [0.3, 0.4) is 0 Å². The fraction of sp³-hybridized carbons (Fsp3) is 0.727. The number of ether oxygens (including phenoxy) is 1. The zero-order chi connectivity index (χ0) is 18.8. The summed E-state index contributed by atoms with van der Waals surface area (Å²) in [5.41, 5.74) is 0. The summed E-state index contributed by atoms with van der Waals surface area (Å²) in [6, 6.07) is 0. The zero-order valence-corrected chi connectivity index (χ0v) is 18.1. The molecule has 0 aliphatic heterocycles. The molecule has 4 heteroatoms. The molecule has 0 amide bonds. The summed E-state index contributed by atoms with van der Waals surface area (Å²) < 4.78 is 34.5. The Morgan fingerprint density at radius 3 is 2.19 bits per heavy atom. The Bertz CT molecular complexity index is 563. The monoisotopic (exact) mass is 476 g/mol. The SMILES string of the molecule is CC1CCC(C2CCC(C(F)(F)OC3=CC(C)(I)C=CC=C3)CC2)CC1. The molecule has 0 aromatic rings. The molecule has 0 heterocycles. The molecular formula is C22H31F2IO. The fourth-order valence-corrected chi connectivity index (χ4v) is 5.27. The molecule has 0 bridgehead atoms. The van der Waals surface area contributed by atoms with E-state index in [4.69, 9.17) is 4.74 Å². The van der Waals surface area contributed by atoms with Crippen molar-refractivity contribution in [2.45, 2.75) is 74.7 Å². The van der Waals surface area contributed by atoms with Gasteiger partial charge in [-0.3, -0.25) is 0 Å². The third kappa shape index (κ3) is 5.32. The van der Waals surface area contributed by atoms with Gasteiger partial charge in [0, 0.05) is 0 Å². The molecule has 1 unspecified atom stereocenters. The maximum atomic E-state index is 14.8. The molecule has 26 heavy (non-hydrogen) atoms. The van der Waals surface area contributed by atoms with Crippen LogP contribution >= 0.6 is 22.6 Å². The van der Waals surface area contributed by atoms with E-state index >= 15 is 0 Å². The molecule has 0 spiro atoms. The van der Waals surface area contributed by atoms with Crippen LogP contribution in [0.2, 0.25) is 0 Å². The van der Waals surface area contributed by atoms with Gasteiger partial charge in [0.2, 0.25) is 0 Å². The van der Waals surface area contributed by atoms with Gasteiger partial charge < -0.3 is 4.74 Å². The smallest absolute Gasteiger partial charge is 0.400 e. The molecule has 0 saturated heterocycles. The minimum Gasteiger partial charge on any atom is -0.433 e. The Hall–Kier alpha value is -0.390. The van der Waals surface area contributed by atoms with Gasteiger partial charge in [0.05, 0.1) is 9.34 Å². The fourth-order valence-electron chi connectivity index (χ4n) is 4.76. The van der Waals surface area contributed by atoms with Crippen molar-refractivity contribution in [1.29, 1.82) is 0 Å². The van der Waals surface area contributed by atoms with Gasteiger partial charge in [-0.15, -0.1) is 0 Å². The number of halogens is 3. The molecule has 0 aromatic heterocycles. The maximum absolute atomic E-state index is 14.8. The Morgan fingerprint density at radius 2 is 1.58 bits per heavy atom. The zero-order valence-electron chi connectivity index (χ0n) is 15.9. The van der Waals surface area contributed by atoms with Gasteiger partial charge in [0.15, 0.2) is 0 Å². The van der Waals surface area contributed by atoms with Crippen LogP contribution in [0.25, 0.3) is 0 Å². The summed E-state index contributed by atoms with van der Waals surface area (Å²) in [4.78, 5) is 0. The number of allylic oxidation sites excluding steroid dienone is 5. The van der Waals surface area contributed by atoms with Crippen molar-refractivity contribution in [1.82, 2.24) is 0 Å². The van der Waals surface area contributed by atoms with Crippen LogP contribution in [0.4, 0.5) is 8.78 Å². The Morgan fingerprint density at radius 1 is 1.00 bits per heavy atom. The summed E-state index contributed by atoms with van der Waals surface area (Å²) in [7, 11) is 0. The standard InChI is InChI=1S/C22H31F2IO/c1-16-6-8-17(9-7-16)18-10-12-19(13-11-18)22(23,24)26-20-5-3-4-14-21(2,25)15-20/h3-5,14-19H,6-13H2,1-2H3. The Kier molecular flexibility index (Phi) is 6.51. The molecule has 2 saturated carbocycles. The second-order valence-corrected chi connectivity index (χ2v) is 11.0. The van der Waals surface area contributed by atoms with E-state index in [0.717, 1.165) is 24.7 Å². The normalized spacial score (nSPS) is 38.6. The topological polar surface area (TPSA) is 9.23 Å².